The van der Waals surface area contributed by atoms with Crippen molar-refractivity contribution >= 4 is 0 Å². The summed E-state index contributed by atoms with van der Waals surface area (Å²) in [4.78, 5) is 2.14. The third kappa shape index (κ3) is 3.07. The Kier molecular flexibility index (Phi) is 3.95. The number of nitrogens with zero attached hydrogens (tertiary/aromatic N) is 1. The normalized spacial score (nSPS) is 23.0. The van der Waals surface area contributed by atoms with Crippen molar-refractivity contribution < 1.29 is 4.39 Å². The van der Waals surface area contributed by atoms with Crippen molar-refractivity contribution in [2.45, 2.75) is 32.0 Å². The van der Waals surface area contributed by atoms with Crippen molar-refractivity contribution in [1.82, 2.24) is 10.2 Å². The van der Waals surface area contributed by atoms with Gasteiger partial charge in [0.1, 0.15) is 6.17 Å². The zero-order valence-corrected chi connectivity index (χ0v) is 8.02. The number of alkyl halides is 1. The second kappa shape index (κ2) is 4.77. The maximum absolute atomic E-state index is 12.6. The second-order valence-electron chi connectivity index (χ2n) is 3.70. The van der Waals surface area contributed by atoms with Crippen LogP contribution in [0.5, 0.6) is 0 Å². The molecule has 1 unspecified atom stereocenters. The monoisotopic (exact) mass is 174 g/mol. The van der Waals surface area contributed by atoms with Crippen LogP contribution in [-0.2, 0) is 0 Å². The highest BCUT2D eigenvalue weighted by Crippen LogP contribution is 2.10. The van der Waals surface area contributed by atoms with Crippen molar-refractivity contribution in [2.75, 3.05) is 26.7 Å². The summed E-state index contributed by atoms with van der Waals surface area (Å²) in [5.74, 6) is 0. The summed E-state index contributed by atoms with van der Waals surface area (Å²) < 4.78 is 12.6. The fraction of sp³-hybridized carbons (Fsp3) is 1.00. The van der Waals surface area contributed by atoms with E-state index in [9.17, 15) is 4.39 Å². The van der Waals surface area contributed by atoms with Crippen LogP contribution in [0.1, 0.15) is 19.8 Å². The maximum atomic E-state index is 12.6. The van der Waals surface area contributed by atoms with E-state index in [1.807, 2.05) is 7.05 Å². The molecule has 3 heteroatoms. The largest absolute Gasteiger partial charge is 0.317 e. The Bertz CT molecular complexity index is 122. The topological polar surface area (TPSA) is 15.3 Å². The minimum Gasteiger partial charge on any atom is -0.317 e. The third-order valence-electron chi connectivity index (χ3n) is 2.47. The van der Waals surface area contributed by atoms with Crippen LogP contribution in [0.15, 0.2) is 0 Å². The predicted molar refractivity (Wildman–Crippen MR) is 49.1 cm³/mol. The molecule has 0 amide bonds. The van der Waals surface area contributed by atoms with Crippen LogP contribution in [0.2, 0.25) is 0 Å². The smallest absolute Gasteiger partial charge is 0.110 e. The molecule has 1 saturated heterocycles. The molecular weight excluding hydrogens is 155 g/mol. The standard InChI is InChI=1S/C9H19FN2/c1-8(10)7-12(2)9-3-5-11-6-4-9/h8-9,11H,3-7H2,1-2H3. The first-order chi connectivity index (χ1) is 5.70. The first kappa shape index (κ1) is 9.93. The maximum Gasteiger partial charge on any atom is 0.110 e. The van der Waals surface area contributed by atoms with Crippen molar-refractivity contribution in [2.24, 2.45) is 0 Å². The number of hydrogen-bond acceptors (Lipinski definition) is 2. The molecule has 1 rings (SSSR count). The molecule has 1 aliphatic rings. The number of halogens is 1. The quantitative estimate of drug-likeness (QED) is 0.687. The van der Waals surface area contributed by atoms with Crippen LogP contribution < -0.4 is 5.32 Å². The molecule has 1 fully saturated rings. The summed E-state index contributed by atoms with van der Waals surface area (Å²) in [5.41, 5.74) is 0. The van der Waals surface area contributed by atoms with E-state index >= 15 is 0 Å². The molecule has 0 aromatic rings. The molecule has 2 nitrogen and oxygen atoms in total. The van der Waals surface area contributed by atoms with Gasteiger partial charge in [-0.1, -0.05) is 0 Å². The van der Waals surface area contributed by atoms with Crippen LogP contribution in [0.4, 0.5) is 4.39 Å². The minimum absolute atomic E-state index is 0.574. The zero-order valence-electron chi connectivity index (χ0n) is 8.02. The van der Waals surface area contributed by atoms with Gasteiger partial charge in [-0.15, -0.1) is 0 Å². The average Bonchev–Trinajstić information content (AvgIpc) is 2.05. The molecule has 1 N–H and O–H groups in total. The van der Waals surface area contributed by atoms with Crippen molar-refractivity contribution in [3.63, 3.8) is 0 Å². The van der Waals surface area contributed by atoms with Gasteiger partial charge in [-0.25, -0.2) is 4.39 Å². The predicted octanol–water partition coefficient (Wildman–Crippen LogP) is 1.03. The molecule has 0 aliphatic carbocycles. The first-order valence-corrected chi connectivity index (χ1v) is 4.75. The van der Waals surface area contributed by atoms with Crippen molar-refractivity contribution in [3.8, 4) is 0 Å². The fourth-order valence-electron chi connectivity index (χ4n) is 1.79. The van der Waals surface area contributed by atoms with Crippen LogP contribution in [0.3, 0.4) is 0 Å². The molecule has 1 aliphatic heterocycles. The highest BCUT2D eigenvalue weighted by Gasteiger charge is 2.18. The van der Waals surface area contributed by atoms with Gasteiger partial charge in [0.15, 0.2) is 0 Å². The van der Waals surface area contributed by atoms with E-state index in [4.69, 9.17) is 0 Å². The third-order valence-corrected chi connectivity index (χ3v) is 2.47. The van der Waals surface area contributed by atoms with Gasteiger partial charge < -0.3 is 10.2 Å². The molecule has 12 heavy (non-hydrogen) atoms. The molecule has 72 valence electrons. The molecule has 0 spiro atoms. The van der Waals surface area contributed by atoms with Crippen LogP contribution in [0.25, 0.3) is 0 Å². The Labute approximate surface area is 74.1 Å². The second-order valence-corrected chi connectivity index (χ2v) is 3.70. The van der Waals surface area contributed by atoms with E-state index in [2.05, 4.69) is 10.2 Å². The summed E-state index contributed by atoms with van der Waals surface area (Å²) >= 11 is 0. The number of nitrogens with one attached hydrogen (secondary N) is 1. The molecule has 0 radical (unpaired) electrons. The van der Waals surface area contributed by atoms with Gasteiger partial charge in [0.05, 0.1) is 0 Å². The molecule has 0 saturated carbocycles. The summed E-state index contributed by atoms with van der Waals surface area (Å²) in [5, 5.41) is 3.30. The molecule has 0 aromatic heterocycles. The van der Waals surface area contributed by atoms with Crippen molar-refractivity contribution in [1.29, 1.82) is 0 Å². The van der Waals surface area contributed by atoms with E-state index < -0.39 is 6.17 Å². The van der Waals surface area contributed by atoms with E-state index in [0.717, 1.165) is 25.9 Å². The lowest BCUT2D eigenvalue weighted by molar-refractivity contribution is 0.157. The summed E-state index contributed by atoms with van der Waals surface area (Å²) in [6.07, 6.45) is 1.61. The van der Waals surface area contributed by atoms with Gasteiger partial charge in [0.2, 0.25) is 0 Å². The molecule has 1 heterocycles. The lowest BCUT2D eigenvalue weighted by Crippen LogP contribution is -2.42. The molecule has 1 atom stereocenters. The Morgan fingerprint density at radius 2 is 2.08 bits per heavy atom. The van der Waals surface area contributed by atoms with Gasteiger partial charge in [-0.3, -0.25) is 0 Å². The highest BCUT2D eigenvalue weighted by atomic mass is 19.1. The Morgan fingerprint density at radius 1 is 1.50 bits per heavy atom. The SMILES string of the molecule is CC(F)CN(C)C1CCNCC1. The highest BCUT2D eigenvalue weighted by molar-refractivity contribution is 4.76. The zero-order chi connectivity index (χ0) is 8.97. The van der Waals surface area contributed by atoms with Gasteiger partial charge in [0, 0.05) is 12.6 Å². The van der Waals surface area contributed by atoms with E-state index in [0.29, 0.717) is 12.6 Å². The molecule has 0 aromatic carbocycles. The lowest BCUT2D eigenvalue weighted by Gasteiger charge is -2.31. The molecular formula is C9H19FN2. The number of hydrogen-bond donors (Lipinski definition) is 1. The summed E-state index contributed by atoms with van der Waals surface area (Å²) in [7, 11) is 2.02. The van der Waals surface area contributed by atoms with Gasteiger partial charge in [-0.2, -0.15) is 0 Å². The van der Waals surface area contributed by atoms with Crippen LogP contribution in [0, 0.1) is 0 Å². The first-order valence-electron chi connectivity index (χ1n) is 4.75. The lowest BCUT2D eigenvalue weighted by atomic mass is 10.1. The number of rotatable bonds is 3. The Hall–Kier alpha value is -0.150. The fourth-order valence-corrected chi connectivity index (χ4v) is 1.79. The average molecular weight is 174 g/mol. The minimum atomic E-state index is -0.704. The van der Waals surface area contributed by atoms with E-state index in [1.165, 1.54) is 0 Å². The van der Waals surface area contributed by atoms with Gasteiger partial charge >= 0.3 is 0 Å². The van der Waals surface area contributed by atoms with E-state index in [1.54, 1.807) is 6.92 Å². The molecule has 0 bridgehead atoms. The van der Waals surface area contributed by atoms with Crippen LogP contribution >= 0.6 is 0 Å². The number of piperidine rings is 1. The Morgan fingerprint density at radius 3 is 2.58 bits per heavy atom. The Balaban J connectivity index is 2.24. The summed E-state index contributed by atoms with van der Waals surface area (Å²) in [6.45, 7) is 4.35. The van der Waals surface area contributed by atoms with Crippen LogP contribution in [-0.4, -0.2) is 43.8 Å². The van der Waals surface area contributed by atoms with Gasteiger partial charge in [-0.05, 0) is 39.9 Å². The van der Waals surface area contributed by atoms with Crippen molar-refractivity contribution in [3.05, 3.63) is 0 Å². The van der Waals surface area contributed by atoms with E-state index in [-0.39, 0.29) is 0 Å². The van der Waals surface area contributed by atoms with Gasteiger partial charge in [0.25, 0.3) is 0 Å². The summed E-state index contributed by atoms with van der Waals surface area (Å²) in [6, 6.07) is 0.587.